The summed E-state index contributed by atoms with van der Waals surface area (Å²) in [6.07, 6.45) is 5.66. The molecule has 11 nitrogen and oxygen atoms in total. The third-order valence-corrected chi connectivity index (χ3v) is 11.0. The predicted octanol–water partition coefficient (Wildman–Crippen LogP) is 4.63. The molecule has 1 spiro atoms. The molecule has 2 N–H and O–H groups in total. The topological polar surface area (TPSA) is 135 Å². The van der Waals surface area contributed by atoms with Crippen LogP contribution in [0.2, 0.25) is 5.02 Å². The first kappa shape index (κ1) is 36.5. The number of hydrogen-bond acceptors (Lipinski definition) is 8. The summed E-state index contributed by atoms with van der Waals surface area (Å²) in [5.41, 5.74) is 0.838. The molecule has 12 heteroatoms. The van der Waals surface area contributed by atoms with Crippen LogP contribution in [0.1, 0.15) is 41.7 Å². The number of carbonyl (C=O) groups excluding carboxylic acids is 4. The van der Waals surface area contributed by atoms with Crippen molar-refractivity contribution < 1.29 is 38.5 Å². The highest BCUT2D eigenvalue weighted by molar-refractivity contribution is 6.34. The van der Waals surface area contributed by atoms with Gasteiger partial charge in [-0.05, 0) is 36.1 Å². The number of anilines is 1. The Hall–Kier alpha value is -4.81. The van der Waals surface area contributed by atoms with E-state index in [0.29, 0.717) is 28.3 Å². The number of rotatable bonds is 7. The highest BCUT2D eigenvalue weighted by Gasteiger charge is 2.74. The van der Waals surface area contributed by atoms with Crippen LogP contribution in [0.25, 0.3) is 0 Å². The molecular formula is C41H42ClN3O8. The molecule has 7 rings (SSSR count). The number of halogens is 1. The average molecular weight is 740 g/mol. The highest BCUT2D eigenvalue weighted by Crippen LogP contribution is 2.57. The largest absolute Gasteiger partial charge is 0.455 e. The fourth-order valence-corrected chi connectivity index (χ4v) is 8.65. The van der Waals surface area contributed by atoms with E-state index in [1.165, 1.54) is 16.9 Å². The van der Waals surface area contributed by atoms with Crippen molar-refractivity contribution in [2.75, 3.05) is 31.8 Å². The summed E-state index contributed by atoms with van der Waals surface area (Å²) in [5.74, 6) is -4.32. The third kappa shape index (κ3) is 6.56. The SMILES string of the molecule is COC[C@@H]1NC(=O)CC/C=C\CN(c2c(C)cccc2Cl)C(=O)[C@H]2N([C@H](CO)c3ccccc3)C(=O)[C@@H]3[C@@H](C(=O)O[C@H]1c1ccccc1)[C@H]1C=C[C@]32O1. The van der Waals surface area contributed by atoms with E-state index in [9.17, 15) is 14.7 Å². The van der Waals surface area contributed by atoms with Gasteiger partial charge in [0.15, 0.2) is 0 Å². The summed E-state index contributed by atoms with van der Waals surface area (Å²) in [6.45, 7) is 1.44. The molecule has 0 unspecified atom stereocenters. The first-order chi connectivity index (χ1) is 25.7. The second-order valence-corrected chi connectivity index (χ2v) is 14.2. The van der Waals surface area contributed by atoms with Crippen molar-refractivity contribution in [3.8, 4) is 0 Å². The summed E-state index contributed by atoms with van der Waals surface area (Å²) in [4.78, 5) is 61.2. The molecule has 2 saturated heterocycles. The summed E-state index contributed by atoms with van der Waals surface area (Å²) < 4.78 is 18.5. The van der Waals surface area contributed by atoms with E-state index in [0.717, 1.165) is 5.56 Å². The van der Waals surface area contributed by atoms with Crippen molar-refractivity contribution in [3.63, 3.8) is 0 Å². The maximum Gasteiger partial charge on any atom is 0.313 e. The van der Waals surface area contributed by atoms with Crippen LogP contribution in [0.4, 0.5) is 5.69 Å². The minimum absolute atomic E-state index is 0.0387. The van der Waals surface area contributed by atoms with Gasteiger partial charge in [0.25, 0.3) is 5.91 Å². The predicted molar refractivity (Wildman–Crippen MR) is 197 cm³/mol. The van der Waals surface area contributed by atoms with Gasteiger partial charge in [-0.2, -0.15) is 0 Å². The number of para-hydroxylation sites is 1. The van der Waals surface area contributed by atoms with Crippen LogP contribution >= 0.6 is 11.6 Å². The first-order valence-electron chi connectivity index (χ1n) is 17.8. The number of amides is 3. The molecule has 2 fully saturated rings. The molecule has 0 aliphatic carbocycles. The summed E-state index contributed by atoms with van der Waals surface area (Å²) in [7, 11) is 1.50. The number of aliphatic hydroxyl groups is 1. The number of benzene rings is 3. The lowest BCUT2D eigenvalue weighted by Gasteiger charge is -2.39. The number of cyclic esters (lactones) is 1. The van der Waals surface area contributed by atoms with Gasteiger partial charge in [0.2, 0.25) is 11.8 Å². The second kappa shape index (κ2) is 15.3. The van der Waals surface area contributed by atoms with Crippen LogP contribution in [0, 0.1) is 18.8 Å². The number of methoxy groups -OCH3 is 1. The van der Waals surface area contributed by atoms with E-state index >= 15 is 9.59 Å². The van der Waals surface area contributed by atoms with Crippen molar-refractivity contribution >= 4 is 41.0 Å². The molecule has 4 heterocycles. The number of hydrogen-bond donors (Lipinski definition) is 2. The number of likely N-dealkylation sites (tertiary alicyclic amines) is 1. The monoisotopic (exact) mass is 739 g/mol. The number of fused-ring (bicyclic) bond motifs is 2. The average Bonchev–Trinajstić information content (AvgIpc) is 3.81. The lowest BCUT2D eigenvalue weighted by atomic mass is 9.74. The maximum absolute atomic E-state index is 15.4. The molecule has 276 valence electrons. The Bertz CT molecular complexity index is 1900. The fraction of sp³-hybridized carbons (Fsp3) is 0.366. The van der Waals surface area contributed by atoms with E-state index in [1.807, 2.05) is 31.2 Å². The number of aryl methyl sites for hydroxylation is 1. The molecule has 0 saturated carbocycles. The molecule has 0 radical (unpaired) electrons. The molecule has 3 aromatic carbocycles. The Balaban J connectivity index is 1.39. The molecule has 3 aromatic rings. The van der Waals surface area contributed by atoms with Crippen LogP contribution in [0.15, 0.2) is 103 Å². The van der Waals surface area contributed by atoms with Crippen molar-refractivity contribution in [3.05, 3.63) is 125 Å². The first-order valence-corrected chi connectivity index (χ1v) is 18.2. The summed E-state index contributed by atoms with van der Waals surface area (Å²) >= 11 is 6.80. The van der Waals surface area contributed by atoms with Gasteiger partial charge in [0, 0.05) is 20.1 Å². The van der Waals surface area contributed by atoms with Crippen LogP contribution < -0.4 is 10.2 Å². The second-order valence-electron chi connectivity index (χ2n) is 13.8. The quantitative estimate of drug-likeness (QED) is 0.265. The molecule has 0 aromatic heterocycles. The van der Waals surface area contributed by atoms with Crippen molar-refractivity contribution in [1.29, 1.82) is 0 Å². The number of carbonyl (C=O) groups is 4. The van der Waals surface area contributed by atoms with Gasteiger partial charge < -0.3 is 34.4 Å². The highest BCUT2D eigenvalue weighted by atomic mass is 35.5. The van der Waals surface area contributed by atoms with E-state index in [4.69, 9.17) is 25.8 Å². The molecule has 53 heavy (non-hydrogen) atoms. The number of nitrogens with one attached hydrogen (secondary N) is 1. The van der Waals surface area contributed by atoms with Crippen molar-refractivity contribution in [2.45, 2.75) is 55.7 Å². The Morgan fingerprint density at radius 1 is 0.981 bits per heavy atom. The number of allylic oxidation sites excluding steroid dienone is 1. The van der Waals surface area contributed by atoms with Gasteiger partial charge in [-0.1, -0.05) is 109 Å². The lowest BCUT2D eigenvalue weighted by molar-refractivity contribution is -0.162. The number of nitrogens with zero attached hydrogens (tertiary/aromatic N) is 2. The number of esters is 1. The third-order valence-electron chi connectivity index (χ3n) is 10.7. The van der Waals surface area contributed by atoms with Gasteiger partial charge in [-0.15, -0.1) is 0 Å². The molecule has 4 aliphatic rings. The van der Waals surface area contributed by atoms with E-state index in [2.05, 4.69) is 5.32 Å². The molecule has 8 atom stereocenters. The Morgan fingerprint density at radius 3 is 2.42 bits per heavy atom. The Labute approximate surface area is 313 Å². The fourth-order valence-electron chi connectivity index (χ4n) is 8.33. The standard InChI is InChI=1S/C41H42ClN3O8/c1-25-13-12-18-28(42)35(25)44-22-11-5-10-19-32(47)43-29(24-51-2)36(27-16-8-4-9-17-27)52-40(50)33-31-20-21-41(53-31)34(33)38(48)45(37(41)39(44)49)30(23-46)26-14-6-3-7-15-26/h3-9,11-18,20-21,29-31,33-34,36-37,46H,10,19,22-24H2,1-2H3,(H,43,47)/b11-5-/t29-,30+,31+,33-,34-,36-,37+,41-/m0/s1. The summed E-state index contributed by atoms with van der Waals surface area (Å²) in [6, 6.07) is 20.3. The Kier molecular flexibility index (Phi) is 10.5. The van der Waals surface area contributed by atoms with Gasteiger partial charge in [-0.3, -0.25) is 19.2 Å². The van der Waals surface area contributed by atoms with Gasteiger partial charge in [0.05, 0.1) is 48.0 Å². The van der Waals surface area contributed by atoms with Crippen LogP contribution in [-0.4, -0.2) is 84.4 Å². The number of aliphatic hydroxyl groups excluding tert-OH is 1. The maximum atomic E-state index is 15.4. The molecular weight excluding hydrogens is 698 g/mol. The molecule has 4 aliphatic heterocycles. The van der Waals surface area contributed by atoms with Crippen molar-refractivity contribution in [2.24, 2.45) is 11.8 Å². The lowest BCUT2D eigenvalue weighted by Crippen LogP contribution is -2.57. The van der Waals surface area contributed by atoms with Crippen LogP contribution in [0.3, 0.4) is 0 Å². The Morgan fingerprint density at radius 2 is 1.72 bits per heavy atom. The molecule has 5 bridgehead atoms. The molecule has 3 amide bonds. The normalized spacial score (nSPS) is 29.9. The van der Waals surface area contributed by atoms with Crippen molar-refractivity contribution in [1.82, 2.24) is 10.2 Å². The zero-order valence-corrected chi connectivity index (χ0v) is 30.2. The zero-order chi connectivity index (χ0) is 37.3. The minimum Gasteiger partial charge on any atom is -0.455 e. The smallest absolute Gasteiger partial charge is 0.313 e. The summed E-state index contributed by atoms with van der Waals surface area (Å²) in [5, 5.41) is 14.3. The van der Waals surface area contributed by atoms with E-state index in [1.54, 1.807) is 78.9 Å². The van der Waals surface area contributed by atoms with E-state index < -0.39 is 72.2 Å². The van der Waals surface area contributed by atoms with Crippen LogP contribution in [-0.2, 0) is 33.4 Å². The zero-order valence-electron chi connectivity index (χ0n) is 29.5. The van der Waals surface area contributed by atoms with Gasteiger partial charge in [0.1, 0.15) is 23.7 Å². The van der Waals surface area contributed by atoms with Gasteiger partial charge >= 0.3 is 5.97 Å². The van der Waals surface area contributed by atoms with E-state index in [-0.39, 0.29) is 25.5 Å². The minimum atomic E-state index is -1.57. The van der Waals surface area contributed by atoms with Crippen LogP contribution in [0.5, 0.6) is 0 Å². The van der Waals surface area contributed by atoms with Gasteiger partial charge in [-0.25, -0.2) is 0 Å². The number of ether oxygens (including phenoxy) is 3.